The number of hydrogen-bond acceptors (Lipinski definition) is 2. The highest BCUT2D eigenvalue weighted by Crippen LogP contribution is 2.40. The highest BCUT2D eigenvalue weighted by atomic mass is 127. The van der Waals surface area contributed by atoms with Gasteiger partial charge in [0.25, 0.3) is 0 Å². The Kier molecular flexibility index (Phi) is 7.18. The summed E-state index contributed by atoms with van der Waals surface area (Å²) >= 11 is 13.2. The number of hydrogen-bond donors (Lipinski definition) is 2. The maximum Gasteiger partial charge on any atom is 0.0598 e. The lowest BCUT2D eigenvalue weighted by Gasteiger charge is -2.20. The average Bonchev–Trinajstić information content (AvgIpc) is 2.60. The summed E-state index contributed by atoms with van der Waals surface area (Å²) in [5.74, 6) is 0. The zero-order chi connectivity index (χ0) is 19.9. The molecule has 3 N–H and O–H groups in total. The Labute approximate surface area is 193 Å². The van der Waals surface area contributed by atoms with Crippen LogP contribution in [0.1, 0.15) is 36.1 Å². The minimum absolute atomic E-state index is 0. The Bertz CT molecular complexity index is 995. The van der Waals surface area contributed by atoms with Gasteiger partial charge in [0.2, 0.25) is 0 Å². The van der Waals surface area contributed by atoms with Crippen LogP contribution in [-0.4, -0.2) is 5.71 Å². The van der Waals surface area contributed by atoms with Gasteiger partial charge >= 0.3 is 0 Å². The molecule has 0 saturated carbocycles. The first-order valence-electron chi connectivity index (χ1n) is 8.72. The van der Waals surface area contributed by atoms with Crippen LogP contribution in [-0.2, 0) is 0 Å². The lowest BCUT2D eigenvalue weighted by molar-refractivity contribution is 1.34. The van der Waals surface area contributed by atoms with Crippen molar-refractivity contribution in [2.24, 2.45) is 0 Å². The number of anilines is 1. The van der Waals surface area contributed by atoms with E-state index in [1.54, 1.807) is 0 Å². The largest absolute Gasteiger partial charge is 0.398 e. The van der Waals surface area contributed by atoms with E-state index in [2.05, 4.69) is 12.1 Å². The van der Waals surface area contributed by atoms with Gasteiger partial charge in [0.1, 0.15) is 0 Å². The summed E-state index contributed by atoms with van der Waals surface area (Å²) in [6, 6.07) is 9.67. The summed E-state index contributed by atoms with van der Waals surface area (Å²) in [5.41, 5.74) is 15.1. The van der Waals surface area contributed by atoms with Gasteiger partial charge in [0, 0.05) is 21.3 Å². The van der Waals surface area contributed by atoms with E-state index in [9.17, 15) is 0 Å². The van der Waals surface area contributed by atoms with Crippen molar-refractivity contribution in [3.63, 3.8) is 0 Å². The molecule has 2 aromatic rings. The molecule has 0 unspecified atom stereocenters. The topological polar surface area (TPSA) is 49.9 Å². The van der Waals surface area contributed by atoms with Gasteiger partial charge in [-0.2, -0.15) is 0 Å². The van der Waals surface area contributed by atoms with Crippen LogP contribution in [0, 0.1) is 19.3 Å². The van der Waals surface area contributed by atoms with Crippen LogP contribution >= 0.6 is 47.2 Å². The zero-order valence-corrected chi connectivity index (χ0v) is 20.1. The number of nitrogen functional groups attached to an aromatic ring is 1. The van der Waals surface area contributed by atoms with E-state index in [0.29, 0.717) is 15.8 Å². The normalized spacial score (nSPS) is 13.6. The van der Waals surface area contributed by atoms with Crippen LogP contribution < -0.4 is 5.73 Å². The molecule has 1 aliphatic rings. The zero-order valence-electron chi connectivity index (χ0n) is 16.3. The summed E-state index contributed by atoms with van der Waals surface area (Å²) in [6.45, 7) is 7.90. The Hall–Kier alpha value is -1.56. The van der Waals surface area contributed by atoms with Crippen LogP contribution in [0.15, 0.2) is 59.2 Å². The summed E-state index contributed by atoms with van der Waals surface area (Å²) < 4.78 is 0. The van der Waals surface area contributed by atoms with E-state index in [1.165, 1.54) is 0 Å². The third kappa shape index (κ3) is 4.22. The molecular formula is C23H23Cl2IN2. The quantitative estimate of drug-likeness (QED) is 0.309. The predicted molar refractivity (Wildman–Crippen MR) is 133 cm³/mol. The summed E-state index contributed by atoms with van der Waals surface area (Å²) in [6.07, 6.45) is 4.04. The highest BCUT2D eigenvalue weighted by molar-refractivity contribution is 14.0. The van der Waals surface area contributed by atoms with Crippen LogP contribution in [0.5, 0.6) is 0 Å². The maximum absolute atomic E-state index is 8.19. The molecule has 0 fully saturated rings. The van der Waals surface area contributed by atoms with Crippen LogP contribution in [0.3, 0.4) is 0 Å². The molecule has 0 amide bonds. The molecule has 0 spiro atoms. The molecule has 0 heterocycles. The summed E-state index contributed by atoms with van der Waals surface area (Å²) in [5, 5.41) is 9.38. The van der Waals surface area contributed by atoms with Gasteiger partial charge in [0.05, 0.1) is 5.71 Å². The van der Waals surface area contributed by atoms with Gasteiger partial charge in [-0.15, -0.1) is 24.0 Å². The number of nitrogens with two attached hydrogens (primary N) is 1. The van der Waals surface area contributed by atoms with Crippen molar-refractivity contribution in [1.82, 2.24) is 0 Å². The fourth-order valence-electron chi connectivity index (χ4n) is 3.42. The number of allylic oxidation sites excluding steroid dienone is 5. The fourth-order valence-corrected chi connectivity index (χ4v) is 4.01. The second-order valence-corrected chi connectivity index (χ2v) is 7.79. The van der Waals surface area contributed by atoms with Gasteiger partial charge in [-0.25, -0.2) is 0 Å². The second kappa shape index (κ2) is 8.85. The van der Waals surface area contributed by atoms with E-state index in [1.807, 2.05) is 58.0 Å². The summed E-state index contributed by atoms with van der Waals surface area (Å²) in [7, 11) is 0. The molecule has 28 heavy (non-hydrogen) atoms. The van der Waals surface area contributed by atoms with E-state index >= 15 is 0 Å². The molecule has 2 nitrogen and oxygen atoms in total. The molecule has 0 saturated heterocycles. The monoisotopic (exact) mass is 524 g/mol. The molecule has 0 atom stereocenters. The number of aryl methyl sites for hydroxylation is 2. The molecule has 3 rings (SSSR count). The van der Waals surface area contributed by atoms with Crippen molar-refractivity contribution >= 4 is 64.2 Å². The van der Waals surface area contributed by atoms with E-state index in [4.69, 9.17) is 34.3 Å². The van der Waals surface area contributed by atoms with Crippen molar-refractivity contribution in [3.8, 4) is 0 Å². The lowest BCUT2D eigenvalue weighted by atomic mass is 9.85. The van der Waals surface area contributed by atoms with Crippen molar-refractivity contribution in [2.75, 3.05) is 5.73 Å². The van der Waals surface area contributed by atoms with E-state index in [-0.39, 0.29) is 24.0 Å². The average molecular weight is 525 g/mol. The predicted octanol–water partition coefficient (Wildman–Crippen LogP) is 7.54. The maximum atomic E-state index is 8.19. The van der Waals surface area contributed by atoms with E-state index < -0.39 is 0 Å². The number of benzene rings is 2. The van der Waals surface area contributed by atoms with Gasteiger partial charge < -0.3 is 11.1 Å². The standard InChI is InChI=1S/C23H22Cl2N2.HI/c1-12-8-16(9-13(2)22(12)26)20(21-18(24)6-5-7-19(21)25)17-10-14(3)23(27)15(4)11-17;/h5-11,26H,27H2,1-4H3;1H. The SMILES string of the molecule is CC1=CC(=C(c2cc(C)c(N)c(C)c2)c2c(Cl)cccc2Cl)C=C(C)C1=N.I. The number of halogens is 3. The van der Waals surface area contributed by atoms with Crippen molar-refractivity contribution in [3.05, 3.63) is 91.5 Å². The molecule has 0 aliphatic heterocycles. The van der Waals surface area contributed by atoms with Gasteiger partial charge in [-0.05, 0) is 103 Å². The molecule has 0 radical (unpaired) electrons. The second-order valence-electron chi connectivity index (χ2n) is 6.98. The molecule has 1 aliphatic carbocycles. The Morgan fingerprint density at radius 3 is 1.82 bits per heavy atom. The molecule has 0 aromatic heterocycles. The molecular weight excluding hydrogens is 502 g/mol. The first-order chi connectivity index (χ1) is 12.7. The minimum atomic E-state index is 0. The molecule has 0 bridgehead atoms. The number of nitrogens with one attached hydrogen (secondary N) is 1. The van der Waals surface area contributed by atoms with Crippen LogP contribution in [0.4, 0.5) is 5.69 Å². The van der Waals surface area contributed by atoms with Crippen LogP contribution in [0.25, 0.3) is 5.57 Å². The van der Waals surface area contributed by atoms with E-state index in [0.717, 1.165) is 50.2 Å². The van der Waals surface area contributed by atoms with Crippen molar-refractivity contribution in [2.45, 2.75) is 27.7 Å². The Morgan fingerprint density at radius 1 is 0.893 bits per heavy atom. The molecule has 146 valence electrons. The van der Waals surface area contributed by atoms with Gasteiger partial charge in [0.15, 0.2) is 0 Å². The third-order valence-corrected chi connectivity index (χ3v) is 5.55. The smallest absolute Gasteiger partial charge is 0.0598 e. The number of rotatable bonds is 2. The summed E-state index contributed by atoms with van der Waals surface area (Å²) in [4.78, 5) is 0. The van der Waals surface area contributed by atoms with Crippen molar-refractivity contribution < 1.29 is 0 Å². The minimum Gasteiger partial charge on any atom is -0.398 e. The van der Waals surface area contributed by atoms with Crippen molar-refractivity contribution in [1.29, 1.82) is 5.41 Å². The van der Waals surface area contributed by atoms with Gasteiger partial charge in [-0.3, -0.25) is 0 Å². The van der Waals surface area contributed by atoms with Gasteiger partial charge in [-0.1, -0.05) is 29.3 Å². The lowest BCUT2D eigenvalue weighted by Crippen LogP contribution is -2.07. The molecule has 2 aromatic carbocycles. The Morgan fingerprint density at radius 2 is 1.36 bits per heavy atom. The third-order valence-electron chi connectivity index (χ3n) is 4.92. The fraction of sp³-hybridized carbons (Fsp3) is 0.174. The first kappa shape index (κ1) is 22.7. The highest BCUT2D eigenvalue weighted by Gasteiger charge is 2.20. The Balaban J connectivity index is 0.00000280. The first-order valence-corrected chi connectivity index (χ1v) is 9.48. The van der Waals surface area contributed by atoms with Crippen LogP contribution in [0.2, 0.25) is 10.0 Å². The molecule has 5 heteroatoms.